The van der Waals surface area contributed by atoms with Gasteiger partial charge in [0, 0.05) is 17.6 Å². The van der Waals surface area contributed by atoms with Crippen molar-refractivity contribution in [2.75, 3.05) is 6.61 Å². The first-order chi connectivity index (χ1) is 15.7. The van der Waals surface area contributed by atoms with E-state index in [0.29, 0.717) is 28.2 Å². The Balaban J connectivity index is 1.28. The van der Waals surface area contributed by atoms with Crippen LogP contribution in [0.4, 0.5) is 4.39 Å². The first-order valence-corrected chi connectivity index (χ1v) is 12.6. The minimum Gasteiger partial charge on any atom is -0.490 e. The van der Waals surface area contributed by atoms with Gasteiger partial charge in [0.25, 0.3) is 0 Å². The summed E-state index contributed by atoms with van der Waals surface area (Å²) in [4.78, 5) is 0. The minimum absolute atomic E-state index is 0.262. The van der Waals surface area contributed by atoms with E-state index in [1.165, 1.54) is 56.2 Å². The number of rotatable bonds is 8. The van der Waals surface area contributed by atoms with Crippen molar-refractivity contribution in [1.29, 1.82) is 0 Å². The quantitative estimate of drug-likeness (QED) is 0.438. The van der Waals surface area contributed by atoms with Crippen molar-refractivity contribution in [3.05, 3.63) is 58.4 Å². The third kappa shape index (κ3) is 4.74. The Bertz CT molecular complexity index is 1020. The number of nitrogens with one attached hydrogen (secondary N) is 1. The molecule has 6 rings (SSSR count). The van der Waals surface area contributed by atoms with Crippen molar-refractivity contribution in [3.63, 3.8) is 0 Å². The molecule has 0 amide bonds. The summed E-state index contributed by atoms with van der Waals surface area (Å²) in [5, 5.41) is 4.37. The number of hydrogen-bond acceptors (Lipinski definition) is 3. The first-order valence-electron chi connectivity index (χ1n) is 12.3. The fourth-order valence-corrected chi connectivity index (χ4v) is 8.00. The maximum absolute atomic E-state index is 13.3. The Morgan fingerprint density at radius 3 is 2.39 bits per heavy atom. The summed E-state index contributed by atoms with van der Waals surface area (Å²) in [5.74, 6) is 1.93. The standard InChI is InChI=1S/C28H35ClFNO2/c1-4-32-25-9-19(5-8-24(25)33-15-21-6-7-22(30)10-23(21)29)14-31-28-13-20-11-26(2,17-28)16-27(3,12-20)18-28/h5-10,20,31H,4,11-18H2,1-3H3. The van der Waals surface area contributed by atoms with Crippen LogP contribution in [0.5, 0.6) is 11.5 Å². The minimum atomic E-state index is -0.349. The van der Waals surface area contributed by atoms with Crippen molar-refractivity contribution >= 4 is 11.6 Å². The molecule has 0 aromatic heterocycles. The van der Waals surface area contributed by atoms with Gasteiger partial charge in [0.05, 0.1) is 11.6 Å². The van der Waals surface area contributed by atoms with E-state index in [4.69, 9.17) is 21.1 Å². The molecule has 1 N–H and O–H groups in total. The number of ether oxygens (including phenoxy) is 2. The van der Waals surface area contributed by atoms with Crippen LogP contribution in [0.1, 0.15) is 70.4 Å². The highest BCUT2D eigenvalue weighted by Crippen LogP contribution is 2.66. The Labute approximate surface area is 202 Å². The monoisotopic (exact) mass is 471 g/mol. The molecule has 0 radical (unpaired) electrons. The highest BCUT2D eigenvalue weighted by atomic mass is 35.5. The lowest BCUT2D eigenvalue weighted by Crippen LogP contribution is -2.63. The molecule has 2 atom stereocenters. The Hall–Kier alpha value is -1.78. The van der Waals surface area contributed by atoms with Crippen LogP contribution in [0.3, 0.4) is 0 Å². The van der Waals surface area contributed by atoms with E-state index in [1.807, 2.05) is 13.0 Å². The average Bonchev–Trinajstić information content (AvgIpc) is 2.70. The topological polar surface area (TPSA) is 30.5 Å². The van der Waals surface area contributed by atoms with Gasteiger partial charge in [-0.1, -0.05) is 37.6 Å². The molecule has 4 bridgehead atoms. The summed E-state index contributed by atoms with van der Waals surface area (Å²) in [7, 11) is 0. The summed E-state index contributed by atoms with van der Waals surface area (Å²) in [6, 6.07) is 10.5. The van der Waals surface area contributed by atoms with Gasteiger partial charge < -0.3 is 14.8 Å². The van der Waals surface area contributed by atoms with Gasteiger partial charge in [0.15, 0.2) is 11.5 Å². The molecular formula is C28H35ClFNO2. The maximum atomic E-state index is 13.3. The molecule has 4 saturated carbocycles. The molecule has 4 aliphatic rings. The summed E-state index contributed by atoms with van der Waals surface area (Å²) >= 11 is 6.15. The summed E-state index contributed by atoms with van der Waals surface area (Å²) in [5.41, 5.74) is 3.21. The zero-order valence-corrected chi connectivity index (χ0v) is 20.7. The average molecular weight is 472 g/mol. The van der Waals surface area contributed by atoms with E-state index < -0.39 is 0 Å². The van der Waals surface area contributed by atoms with Gasteiger partial charge >= 0.3 is 0 Å². The van der Waals surface area contributed by atoms with Gasteiger partial charge in [-0.3, -0.25) is 0 Å². The van der Waals surface area contributed by atoms with E-state index in [1.54, 1.807) is 6.07 Å². The third-order valence-corrected chi connectivity index (χ3v) is 8.35. The smallest absolute Gasteiger partial charge is 0.161 e. The van der Waals surface area contributed by atoms with E-state index in [-0.39, 0.29) is 18.0 Å². The Morgan fingerprint density at radius 2 is 1.73 bits per heavy atom. The highest BCUT2D eigenvalue weighted by molar-refractivity contribution is 6.31. The Morgan fingerprint density at radius 1 is 0.970 bits per heavy atom. The van der Waals surface area contributed by atoms with E-state index in [0.717, 1.165) is 23.8 Å². The molecule has 33 heavy (non-hydrogen) atoms. The van der Waals surface area contributed by atoms with E-state index in [9.17, 15) is 4.39 Å². The second-order valence-corrected chi connectivity index (χ2v) is 11.9. The van der Waals surface area contributed by atoms with Crippen LogP contribution in [0.25, 0.3) is 0 Å². The number of halogens is 2. The zero-order valence-electron chi connectivity index (χ0n) is 20.0. The summed E-state index contributed by atoms with van der Waals surface area (Å²) in [6.45, 7) is 8.66. The van der Waals surface area contributed by atoms with Crippen molar-refractivity contribution in [1.82, 2.24) is 5.32 Å². The Kier molecular flexibility index (Phi) is 5.89. The molecule has 0 saturated heterocycles. The van der Waals surface area contributed by atoms with Gasteiger partial charge in [-0.05, 0) is 92.0 Å². The fourth-order valence-electron chi connectivity index (χ4n) is 7.78. The van der Waals surface area contributed by atoms with Crippen LogP contribution in [0.2, 0.25) is 5.02 Å². The van der Waals surface area contributed by atoms with Crippen LogP contribution >= 0.6 is 11.6 Å². The van der Waals surface area contributed by atoms with Crippen molar-refractivity contribution < 1.29 is 13.9 Å². The first kappa shape index (κ1) is 23.0. The molecule has 4 fully saturated rings. The second kappa shape index (κ2) is 8.46. The highest BCUT2D eigenvalue weighted by Gasteiger charge is 2.59. The van der Waals surface area contributed by atoms with Gasteiger partial charge in [0.2, 0.25) is 0 Å². The van der Waals surface area contributed by atoms with Crippen LogP contribution < -0.4 is 14.8 Å². The molecule has 178 valence electrons. The molecule has 4 aliphatic carbocycles. The van der Waals surface area contributed by atoms with Gasteiger partial charge in [-0.15, -0.1) is 0 Å². The van der Waals surface area contributed by atoms with Crippen LogP contribution in [-0.2, 0) is 13.2 Å². The van der Waals surface area contributed by atoms with Gasteiger partial charge in [-0.25, -0.2) is 4.39 Å². The normalized spacial score (nSPS) is 32.2. The second-order valence-electron chi connectivity index (χ2n) is 11.5. The molecular weight excluding hydrogens is 437 g/mol. The van der Waals surface area contributed by atoms with Crippen LogP contribution in [-0.4, -0.2) is 12.1 Å². The zero-order chi connectivity index (χ0) is 23.3. The molecule has 2 unspecified atom stereocenters. The predicted octanol–water partition coefficient (Wildman–Crippen LogP) is 7.30. The molecule has 2 aromatic carbocycles. The summed E-state index contributed by atoms with van der Waals surface area (Å²) < 4.78 is 25.2. The fraction of sp³-hybridized carbons (Fsp3) is 0.571. The van der Waals surface area contributed by atoms with E-state index >= 15 is 0 Å². The van der Waals surface area contributed by atoms with Crippen molar-refractivity contribution in [3.8, 4) is 11.5 Å². The molecule has 5 heteroatoms. The van der Waals surface area contributed by atoms with Crippen LogP contribution in [0.15, 0.2) is 36.4 Å². The van der Waals surface area contributed by atoms with E-state index in [2.05, 4.69) is 31.3 Å². The predicted molar refractivity (Wildman–Crippen MR) is 130 cm³/mol. The third-order valence-electron chi connectivity index (χ3n) is 8.00. The lowest BCUT2D eigenvalue weighted by molar-refractivity contribution is -0.118. The van der Waals surface area contributed by atoms with Crippen LogP contribution in [0, 0.1) is 22.6 Å². The number of hydrogen-bond donors (Lipinski definition) is 1. The molecule has 3 nitrogen and oxygen atoms in total. The van der Waals surface area contributed by atoms with Gasteiger partial charge in [-0.2, -0.15) is 0 Å². The molecule has 0 spiro atoms. The largest absolute Gasteiger partial charge is 0.490 e. The maximum Gasteiger partial charge on any atom is 0.161 e. The summed E-state index contributed by atoms with van der Waals surface area (Å²) in [6.07, 6.45) is 8.11. The van der Waals surface area contributed by atoms with Gasteiger partial charge in [0.1, 0.15) is 12.4 Å². The molecule has 0 aliphatic heterocycles. The SMILES string of the molecule is CCOc1cc(CNC23CC4CC(C)(CC(C)(C4)C2)C3)ccc1OCc1ccc(F)cc1Cl. The molecule has 0 heterocycles. The molecule has 2 aromatic rings. The van der Waals surface area contributed by atoms with Crippen molar-refractivity contribution in [2.45, 2.75) is 78.0 Å². The van der Waals surface area contributed by atoms with Crippen molar-refractivity contribution in [2.24, 2.45) is 16.7 Å². The lowest BCUT2D eigenvalue weighted by Gasteiger charge is -2.65. The number of benzene rings is 2. The lowest BCUT2D eigenvalue weighted by atomic mass is 9.43.